The summed E-state index contributed by atoms with van der Waals surface area (Å²) in [7, 11) is 0. The summed E-state index contributed by atoms with van der Waals surface area (Å²) in [5.41, 5.74) is 1.95. The number of hydrogen-bond donors (Lipinski definition) is 0. The second-order valence-corrected chi connectivity index (χ2v) is 7.28. The Hall–Kier alpha value is -2.11. The fraction of sp³-hybridized carbons (Fsp3) is 0.200. The fourth-order valence-corrected chi connectivity index (χ4v) is 4.13. The molecule has 2 aromatic carbocycles. The van der Waals surface area contributed by atoms with Gasteiger partial charge in [0, 0.05) is 5.56 Å². The molecule has 1 saturated heterocycles. The first-order valence-electron chi connectivity index (χ1n) is 8.15. The lowest BCUT2D eigenvalue weighted by Gasteiger charge is -2.23. The van der Waals surface area contributed by atoms with Gasteiger partial charge < -0.3 is 4.74 Å². The van der Waals surface area contributed by atoms with Crippen LogP contribution >= 0.6 is 24.0 Å². The smallest absolute Gasteiger partial charge is 0.266 e. The molecule has 128 valence electrons. The van der Waals surface area contributed by atoms with E-state index in [-0.39, 0.29) is 11.9 Å². The molecule has 1 fully saturated rings. The van der Waals surface area contributed by atoms with E-state index >= 15 is 0 Å². The Labute approximate surface area is 157 Å². The highest BCUT2D eigenvalue weighted by Crippen LogP contribution is 2.38. The van der Waals surface area contributed by atoms with E-state index < -0.39 is 0 Å². The molecular formula is C20H19NO2S2. The fourth-order valence-electron chi connectivity index (χ4n) is 2.72. The van der Waals surface area contributed by atoms with E-state index in [0.717, 1.165) is 16.9 Å². The van der Waals surface area contributed by atoms with Crippen LogP contribution in [-0.4, -0.2) is 21.7 Å². The molecule has 2 aromatic rings. The molecule has 0 aliphatic carbocycles. The van der Waals surface area contributed by atoms with Crippen LogP contribution in [0.3, 0.4) is 0 Å². The Bertz CT molecular complexity index is 817. The van der Waals surface area contributed by atoms with Crippen LogP contribution in [0.15, 0.2) is 59.5 Å². The van der Waals surface area contributed by atoms with Crippen molar-refractivity contribution >= 4 is 40.3 Å². The van der Waals surface area contributed by atoms with E-state index in [0.29, 0.717) is 15.8 Å². The van der Waals surface area contributed by atoms with E-state index in [1.54, 1.807) is 4.90 Å². The van der Waals surface area contributed by atoms with Crippen molar-refractivity contribution in [2.45, 2.75) is 19.9 Å². The standard InChI is InChI=1S/C20H19NO2S2/c1-3-23-17-12-8-7-11-16(17)13-18-19(22)21(20(24)25-18)14(2)15-9-5-4-6-10-15/h4-14H,3H2,1-2H3/b18-13-. The molecule has 0 bridgehead atoms. The van der Waals surface area contributed by atoms with Gasteiger partial charge in [-0.3, -0.25) is 9.69 Å². The predicted octanol–water partition coefficient (Wildman–Crippen LogP) is 5.05. The van der Waals surface area contributed by atoms with Gasteiger partial charge in [0.1, 0.15) is 10.1 Å². The Kier molecular flexibility index (Phi) is 5.56. The lowest BCUT2D eigenvalue weighted by molar-refractivity contribution is -0.123. The molecule has 1 aliphatic heterocycles. The van der Waals surface area contributed by atoms with Crippen molar-refractivity contribution < 1.29 is 9.53 Å². The van der Waals surface area contributed by atoms with E-state index in [2.05, 4.69) is 0 Å². The molecule has 0 saturated carbocycles. The maximum Gasteiger partial charge on any atom is 0.266 e. The second-order valence-electron chi connectivity index (χ2n) is 5.61. The van der Waals surface area contributed by atoms with Crippen molar-refractivity contribution in [1.29, 1.82) is 0 Å². The highest BCUT2D eigenvalue weighted by atomic mass is 32.2. The summed E-state index contributed by atoms with van der Waals surface area (Å²) in [6.45, 7) is 4.52. The highest BCUT2D eigenvalue weighted by Gasteiger charge is 2.36. The monoisotopic (exact) mass is 369 g/mol. The minimum absolute atomic E-state index is 0.0577. The number of nitrogens with zero attached hydrogens (tertiary/aromatic N) is 1. The molecule has 0 radical (unpaired) electrons. The number of benzene rings is 2. The van der Waals surface area contributed by atoms with Gasteiger partial charge in [0.2, 0.25) is 0 Å². The largest absolute Gasteiger partial charge is 0.493 e. The van der Waals surface area contributed by atoms with Gasteiger partial charge in [0.05, 0.1) is 17.6 Å². The molecule has 1 atom stereocenters. The van der Waals surface area contributed by atoms with Gasteiger partial charge in [-0.05, 0) is 31.6 Å². The Balaban J connectivity index is 1.89. The minimum atomic E-state index is -0.0956. The highest BCUT2D eigenvalue weighted by molar-refractivity contribution is 8.26. The van der Waals surface area contributed by atoms with Crippen LogP contribution in [0.2, 0.25) is 0 Å². The van der Waals surface area contributed by atoms with Crippen LogP contribution in [-0.2, 0) is 4.79 Å². The molecule has 0 N–H and O–H groups in total. The maximum absolute atomic E-state index is 12.9. The predicted molar refractivity (Wildman–Crippen MR) is 107 cm³/mol. The maximum atomic E-state index is 12.9. The van der Waals surface area contributed by atoms with E-state index in [9.17, 15) is 4.79 Å². The Morgan fingerprint density at radius 2 is 1.84 bits per heavy atom. The lowest BCUT2D eigenvalue weighted by atomic mass is 10.1. The first kappa shape index (κ1) is 17.7. The molecule has 3 nitrogen and oxygen atoms in total. The molecule has 0 spiro atoms. The third-order valence-corrected chi connectivity index (χ3v) is 5.33. The van der Waals surface area contributed by atoms with Crippen LogP contribution in [0.1, 0.15) is 31.0 Å². The number of ether oxygens (including phenoxy) is 1. The number of hydrogen-bond acceptors (Lipinski definition) is 4. The van der Waals surface area contributed by atoms with E-state index in [4.69, 9.17) is 17.0 Å². The van der Waals surface area contributed by atoms with Crippen LogP contribution < -0.4 is 4.74 Å². The van der Waals surface area contributed by atoms with Gasteiger partial charge in [-0.1, -0.05) is 72.5 Å². The van der Waals surface area contributed by atoms with Gasteiger partial charge >= 0.3 is 0 Å². The second kappa shape index (κ2) is 7.85. The van der Waals surface area contributed by atoms with Crippen molar-refractivity contribution in [3.8, 4) is 5.75 Å². The normalized spacial score (nSPS) is 17.2. The Morgan fingerprint density at radius 3 is 2.56 bits per heavy atom. The van der Waals surface area contributed by atoms with E-state index in [1.807, 2.05) is 74.5 Å². The summed E-state index contributed by atoms with van der Waals surface area (Å²) in [6.07, 6.45) is 1.86. The molecule has 1 unspecified atom stereocenters. The number of rotatable bonds is 5. The molecule has 25 heavy (non-hydrogen) atoms. The zero-order chi connectivity index (χ0) is 17.8. The zero-order valence-electron chi connectivity index (χ0n) is 14.1. The molecule has 5 heteroatoms. The first-order chi connectivity index (χ1) is 12.1. The van der Waals surface area contributed by atoms with Crippen LogP contribution in [0.4, 0.5) is 0 Å². The number of para-hydroxylation sites is 1. The average molecular weight is 370 g/mol. The SMILES string of the molecule is CCOc1ccccc1/C=C1\SC(=S)N(C(C)c2ccccc2)C1=O. The lowest BCUT2D eigenvalue weighted by Crippen LogP contribution is -2.30. The summed E-state index contributed by atoms with van der Waals surface area (Å²) in [4.78, 5) is 15.2. The van der Waals surface area contributed by atoms with Gasteiger partial charge in [-0.15, -0.1) is 0 Å². The van der Waals surface area contributed by atoms with Crippen molar-refractivity contribution in [2.24, 2.45) is 0 Å². The summed E-state index contributed by atoms with van der Waals surface area (Å²) in [5, 5.41) is 0. The molecule has 0 aromatic heterocycles. The van der Waals surface area contributed by atoms with Crippen molar-refractivity contribution in [1.82, 2.24) is 4.90 Å². The third-order valence-electron chi connectivity index (χ3n) is 4.00. The third kappa shape index (κ3) is 3.78. The number of carbonyl (C=O) groups is 1. The van der Waals surface area contributed by atoms with Crippen LogP contribution in [0.25, 0.3) is 6.08 Å². The minimum Gasteiger partial charge on any atom is -0.493 e. The van der Waals surface area contributed by atoms with Crippen molar-refractivity contribution in [3.05, 3.63) is 70.6 Å². The van der Waals surface area contributed by atoms with Crippen LogP contribution in [0.5, 0.6) is 5.75 Å². The van der Waals surface area contributed by atoms with Gasteiger partial charge in [0.15, 0.2) is 0 Å². The topological polar surface area (TPSA) is 29.5 Å². The Morgan fingerprint density at radius 1 is 1.16 bits per heavy atom. The number of thiocarbonyl (C=S) groups is 1. The van der Waals surface area contributed by atoms with E-state index in [1.165, 1.54) is 11.8 Å². The van der Waals surface area contributed by atoms with Gasteiger partial charge in [0.25, 0.3) is 5.91 Å². The summed E-state index contributed by atoms with van der Waals surface area (Å²) in [6, 6.07) is 17.5. The summed E-state index contributed by atoms with van der Waals surface area (Å²) >= 11 is 6.81. The molecule has 1 aliphatic rings. The van der Waals surface area contributed by atoms with Crippen molar-refractivity contribution in [2.75, 3.05) is 6.61 Å². The van der Waals surface area contributed by atoms with Crippen molar-refractivity contribution in [3.63, 3.8) is 0 Å². The number of thioether (sulfide) groups is 1. The summed E-state index contributed by atoms with van der Waals surface area (Å²) < 4.78 is 6.23. The number of amides is 1. The molecule has 3 rings (SSSR count). The van der Waals surface area contributed by atoms with Crippen LogP contribution in [0, 0.1) is 0 Å². The zero-order valence-corrected chi connectivity index (χ0v) is 15.8. The molecule has 1 amide bonds. The van der Waals surface area contributed by atoms with Gasteiger partial charge in [-0.25, -0.2) is 0 Å². The number of carbonyl (C=O) groups excluding carboxylic acids is 1. The summed E-state index contributed by atoms with van der Waals surface area (Å²) in [5.74, 6) is 0.712. The molecular weight excluding hydrogens is 350 g/mol. The average Bonchev–Trinajstić information content (AvgIpc) is 2.90. The first-order valence-corrected chi connectivity index (χ1v) is 9.38. The van der Waals surface area contributed by atoms with Gasteiger partial charge in [-0.2, -0.15) is 0 Å². The molecule has 1 heterocycles. The quantitative estimate of drug-likeness (QED) is 0.545.